The Balaban J connectivity index is 0.00000364. The number of halogens is 2. The molecule has 0 aliphatic carbocycles. The summed E-state index contributed by atoms with van der Waals surface area (Å²) in [5.41, 5.74) is 6.50. The number of carbonyl (C=O) groups is 1. The summed E-state index contributed by atoms with van der Waals surface area (Å²) in [7, 11) is 0. The largest absolute Gasteiger partial charge is 0.379 e. The van der Waals surface area contributed by atoms with Crippen LogP contribution in [-0.2, 0) is 4.74 Å². The lowest BCUT2D eigenvalue weighted by Gasteiger charge is -2.26. The molecule has 1 saturated heterocycles. The first-order valence-corrected chi connectivity index (χ1v) is 9.82. The van der Waals surface area contributed by atoms with Gasteiger partial charge in [0.15, 0.2) is 5.96 Å². The summed E-state index contributed by atoms with van der Waals surface area (Å²) < 4.78 is 6.28. The first-order valence-electron chi connectivity index (χ1n) is 9.03. The number of guanidine groups is 1. The molecular weight excluding hydrogens is 525 g/mol. The van der Waals surface area contributed by atoms with Crippen LogP contribution >= 0.6 is 39.9 Å². The van der Waals surface area contributed by atoms with Gasteiger partial charge in [-0.2, -0.15) is 0 Å². The number of amides is 1. The second kappa shape index (κ2) is 14.1. The smallest absolute Gasteiger partial charge is 0.251 e. The van der Waals surface area contributed by atoms with Crippen LogP contribution in [0.25, 0.3) is 0 Å². The molecule has 0 saturated carbocycles. The zero-order valence-electron chi connectivity index (χ0n) is 15.5. The predicted octanol–water partition coefficient (Wildman–Crippen LogP) is 1.81. The second-order valence-corrected chi connectivity index (χ2v) is 7.03. The summed E-state index contributed by atoms with van der Waals surface area (Å²) >= 11 is 3.35. The van der Waals surface area contributed by atoms with Crippen LogP contribution in [0, 0.1) is 0 Å². The fourth-order valence-corrected chi connectivity index (χ4v) is 2.85. The van der Waals surface area contributed by atoms with Crippen LogP contribution in [0.1, 0.15) is 23.2 Å². The number of aliphatic imine (C=N–C) groups is 1. The summed E-state index contributed by atoms with van der Waals surface area (Å²) in [6.07, 6.45) is 1.78. The highest BCUT2D eigenvalue weighted by atomic mass is 127. The minimum absolute atomic E-state index is 0. The maximum absolute atomic E-state index is 11.9. The van der Waals surface area contributed by atoms with E-state index in [9.17, 15) is 4.79 Å². The molecule has 1 amide bonds. The molecule has 7 nitrogen and oxygen atoms in total. The molecule has 9 heteroatoms. The monoisotopic (exact) mass is 553 g/mol. The van der Waals surface area contributed by atoms with Crippen LogP contribution in [0.15, 0.2) is 33.7 Å². The van der Waals surface area contributed by atoms with E-state index < -0.39 is 0 Å². The number of nitrogens with two attached hydrogens (primary N) is 1. The van der Waals surface area contributed by atoms with Gasteiger partial charge in [0, 0.05) is 42.8 Å². The Morgan fingerprint density at radius 3 is 2.52 bits per heavy atom. The standard InChI is InChI=1S/C18H28BrN5O2.HI/c19-16-5-3-15(4-6-16)17(25)21-7-1-8-22-18(20)23-9-2-10-24-11-13-26-14-12-24;/h3-6H,1-2,7-14H2,(H,21,25)(H3,20,22,23);1H. The van der Waals surface area contributed by atoms with Crippen LogP contribution in [0.3, 0.4) is 0 Å². The van der Waals surface area contributed by atoms with Crippen molar-refractivity contribution in [2.45, 2.75) is 12.8 Å². The van der Waals surface area contributed by atoms with Gasteiger partial charge in [-0.15, -0.1) is 24.0 Å². The average molecular weight is 554 g/mol. The second-order valence-electron chi connectivity index (χ2n) is 6.12. The Labute approximate surface area is 186 Å². The zero-order valence-corrected chi connectivity index (χ0v) is 19.4. The highest BCUT2D eigenvalue weighted by molar-refractivity contribution is 14.0. The molecule has 0 radical (unpaired) electrons. The van der Waals surface area contributed by atoms with Crippen molar-refractivity contribution < 1.29 is 9.53 Å². The quantitative estimate of drug-likeness (QED) is 0.188. The Morgan fingerprint density at radius 2 is 1.81 bits per heavy atom. The van der Waals surface area contributed by atoms with Gasteiger partial charge in [-0.05, 0) is 43.7 Å². The van der Waals surface area contributed by atoms with Gasteiger partial charge in [0.05, 0.1) is 13.2 Å². The van der Waals surface area contributed by atoms with E-state index in [1.165, 1.54) is 0 Å². The van der Waals surface area contributed by atoms with E-state index in [1.807, 2.05) is 12.1 Å². The van der Waals surface area contributed by atoms with E-state index >= 15 is 0 Å². The van der Waals surface area contributed by atoms with Crippen molar-refractivity contribution in [3.8, 4) is 0 Å². The van der Waals surface area contributed by atoms with Crippen LogP contribution in [0.2, 0.25) is 0 Å². The number of ether oxygens (including phenoxy) is 1. The minimum Gasteiger partial charge on any atom is -0.379 e. The van der Waals surface area contributed by atoms with Crippen molar-refractivity contribution in [1.82, 2.24) is 15.5 Å². The normalized spacial score (nSPS) is 15.1. The lowest BCUT2D eigenvalue weighted by atomic mass is 10.2. The minimum atomic E-state index is -0.0734. The topological polar surface area (TPSA) is 92.0 Å². The van der Waals surface area contributed by atoms with Crippen LogP contribution in [-0.4, -0.2) is 69.2 Å². The molecular formula is C18H29BrIN5O2. The van der Waals surface area contributed by atoms with Crippen molar-refractivity contribution in [3.05, 3.63) is 34.3 Å². The Hall–Kier alpha value is -0.910. The summed E-state index contributed by atoms with van der Waals surface area (Å²) in [4.78, 5) is 18.6. The molecule has 152 valence electrons. The van der Waals surface area contributed by atoms with E-state index in [0.717, 1.165) is 56.7 Å². The van der Waals surface area contributed by atoms with E-state index in [0.29, 0.717) is 24.6 Å². The number of rotatable bonds is 9. The molecule has 1 heterocycles. The van der Waals surface area contributed by atoms with Crippen LogP contribution < -0.4 is 16.4 Å². The maximum atomic E-state index is 11.9. The molecule has 2 rings (SSSR count). The van der Waals surface area contributed by atoms with Gasteiger partial charge in [-0.25, -0.2) is 0 Å². The van der Waals surface area contributed by atoms with E-state index in [4.69, 9.17) is 10.5 Å². The summed E-state index contributed by atoms with van der Waals surface area (Å²) in [5, 5.41) is 6.01. The van der Waals surface area contributed by atoms with Crippen LogP contribution in [0.4, 0.5) is 0 Å². The van der Waals surface area contributed by atoms with Crippen molar-refractivity contribution in [2.24, 2.45) is 10.7 Å². The number of morpholine rings is 1. The number of hydrogen-bond donors (Lipinski definition) is 3. The molecule has 0 unspecified atom stereocenters. The van der Waals surface area contributed by atoms with Crippen molar-refractivity contribution in [3.63, 3.8) is 0 Å². The number of nitrogens with one attached hydrogen (secondary N) is 2. The molecule has 4 N–H and O–H groups in total. The van der Waals surface area contributed by atoms with Crippen molar-refractivity contribution >= 4 is 51.8 Å². The Kier molecular flexibility index (Phi) is 12.6. The summed E-state index contributed by atoms with van der Waals surface area (Å²) in [5.74, 6) is 0.391. The third-order valence-corrected chi connectivity index (χ3v) is 4.60. The molecule has 0 bridgehead atoms. The highest BCUT2D eigenvalue weighted by Crippen LogP contribution is 2.10. The number of hydrogen-bond acceptors (Lipinski definition) is 4. The summed E-state index contributed by atoms with van der Waals surface area (Å²) in [6.45, 7) is 6.69. The third-order valence-electron chi connectivity index (χ3n) is 4.07. The molecule has 1 aromatic rings. The Bertz CT molecular complexity index is 580. The predicted molar refractivity (Wildman–Crippen MR) is 123 cm³/mol. The van der Waals surface area contributed by atoms with Gasteiger partial charge >= 0.3 is 0 Å². The van der Waals surface area contributed by atoms with Gasteiger partial charge < -0.3 is 21.1 Å². The molecule has 0 spiro atoms. The molecule has 1 aliphatic rings. The summed E-state index contributed by atoms with van der Waals surface area (Å²) in [6, 6.07) is 7.28. The molecule has 27 heavy (non-hydrogen) atoms. The number of carbonyl (C=O) groups excluding carboxylic acids is 1. The molecule has 0 atom stereocenters. The zero-order chi connectivity index (χ0) is 18.6. The third kappa shape index (κ3) is 10.3. The van der Waals surface area contributed by atoms with E-state index in [1.54, 1.807) is 12.1 Å². The molecule has 1 aliphatic heterocycles. The van der Waals surface area contributed by atoms with Gasteiger partial charge in [0.25, 0.3) is 5.91 Å². The SMILES string of the molecule is I.NC(=NCCCNC(=O)c1ccc(Br)cc1)NCCCN1CCOCC1. The highest BCUT2D eigenvalue weighted by Gasteiger charge is 2.09. The van der Waals surface area contributed by atoms with Gasteiger partial charge in [-0.1, -0.05) is 15.9 Å². The van der Waals surface area contributed by atoms with Gasteiger partial charge in [0.2, 0.25) is 0 Å². The molecule has 1 fully saturated rings. The lowest BCUT2D eigenvalue weighted by molar-refractivity contribution is 0.0376. The lowest BCUT2D eigenvalue weighted by Crippen LogP contribution is -2.39. The van der Waals surface area contributed by atoms with Crippen LogP contribution in [0.5, 0.6) is 0 Å². The van der Waals surface area contributed by atoms with E-state index in [-0.39, 0.29) is 29.9 Å². The molecule has 1 aromatic carbocycles. The molecule has 0 aromatic heterocycles. The van der Waals surface area contributed by atoms with Crippen molar-refractivity contribution in [2.75, 3.05) is 52.5 Å². The van der Waals surface area contributed by atoms with E-state index in [2.05, 4.69) is 36.5 Å². The average Bonchev–Trinajstić information content (AvgIpc) is 2.66. The fourth-order valence-electron chi connectivity index (χ4n) is 2.58. The first kappa shape index (κ1) is 24.1. The Morgan fingerprint density at radius 1 is 1.15 bits per heavy atom. The maximum Gasteiger partial charge on any atom is 0.251 e. The van der Waals surface area contributed by atoms with Crippen molar-refractivity contribution in [1.29, 1.82) is 0 Å². The number of nitrogens with zero attached hydrogens (tertiary/aromatic N) is 2. The number of benzene rings is 1. The fraction of sp³-hybridized carbons (Fsp3) is 0.556. The van der Waals surface area contributed by atoms with Gasteiger partial charge in [-0.3, -0.25) is 14.7 Å². The first-order chi connectivity index (χ1) is 12.6. The van der Waals surface area contributed by atoms with Gasteiger partial charge in [0.1, 0.15) is 0 Å².